The van der Waals surface area contributed by atoms with E-state index in [9.17, 15) is 9.18 Å². The molecule has 0 saturated carbocycles. The van der Waals surface area contributed by atoms with Gasteiger partial charge in [-0.25, -0.2) is 15.0 Å². The van der Waals surface area contributed by atoms with Gasteiger partial charge in [0.25, 0.3) is 5.91 Å². The van der Waals surface area contributed by atoms with Gasteiger partial charge in [0.05, 0.1) is 30.3 Å². The maximum atomic E-state index is 13.7. The molecule has 0 aliphatic carbocycles. The number of amides is 1. The van der Waals surface area contributed by atoms with E-state index < -0.39 is 11.9 Å². The fourth-order valence-corrected chi connectivity index (χ4v) is 2.61. The second kappa shape index (κ2) is 7.54. The van der Waals surface area contributed by atoms with Gasteiger partial charge in [0, 0.05) is 25.4 Å². The topological polar surface area (TPSA) is 80.2 Å². The van der Waals surface area contributed by atoms with Crippen LogP contribution in [0, 0.1) is 5.95 Å². The molecule has 0 aromatic carbocycles. The highest BCUT2D eigenvalue weighted by atomic mass is 35.5. The Bertz CT molecular complexity index is 804. The second-order valence-corrected chi connectivity index (χ2v) is 5.62. The number of carbonyl (C=O) groups is 1. The Hall–Kier alpha value is -2.58. The number of pyridine rings is 1. The molecule has 2 aromatic heterocycles. The third-order valence-electron chi connectivity index (χ3n) is 3.65. The molecular weight excluding hydrogens is 349 g/mol. The summed E-state index contributed by atoms with van der Waals surface area (Å²) in [5, 5.41) is 2.65. The fourth-order valence-electron chi connectivity index (χ4n) is 2.46. The quantitative estimate of drug-likeness (QED) is 0.510. The van der Waals surface area contributed by atoms with Crippen molar-refractivity contribution in [2.75, 3.05) is 29.9 Å². The van der Waals surface area contributed by atoms with Crippen LogP contribution in [0.25, 0.3) is 0 Å². The van der Waals surface area contributed by atoms with Crippen LogP contribution >= 0.6 is 11.6 Å². The lowest BCUT2D eigenvalue weighted by Crippen LogP contribution is -2.42. The van der Waals surface area contributed by atoms with E-state index in [1.807, 2.05) is 4.90 Å². The molecule has 1 aliphatic rings. The lowest BCUT2D eigenvalue weighted by atomic mass is 10.2. The molecule has 3 heterocycles. The second-order valence-electron chi connectivity index (χ2n) is 5.28. The minimum atomic E-state index is -0.639. The number of carbonyl (C=O) groups excluding carboxylic acids is 1. The SMILES string of the molecule is C=CC1CN(c2cc(F)ncc2NC(=O)c2ccnc(Cl)n2)CCO1. The van der Waals surface area contributed by atoms with Crippen LogP contribution < -0.4 is 10.2 Å². The van der Waals surface area contributed by atoms with Gasteiger partial charge in [-0.2, -0.15) is 4.39 Å². The maximum Gasteiger partial charge on any atom is 0.274 e. The Morgan fingerprint density at radius 1 is 1.52 bits per heavy atom. The van der Waals surface area contributed by atoms with Crippen LogP contribution in [0.4, 0.5) is 15.8 Å². The van der Waals surface area contributed by atoms with Gasteiger partial charge in [-0.3, -0.25) is 4.79 Å². The summed E-state index contributed by atoms with van der Waals surface area (Å²) in [6.07, 6.45) is 4.16. The molecule has 1 unspecified atom stereocenters. The van der Waals surface area contributed by atoms with Gasteiger partial charge in [-0.1, -0.05) is 6.08 Å². The van der Waals surface area contributed by atoms with E-state index in [1.165, 1.54) is 24.5 Å². The smallest absolute Gasteiger partial charge is 0.274 e. The average Bonchev–Trinajstić information content (AvgIpc) is 2.63. The number of ether oxygens (including phenoxy) is 1. The van der Waals surface area contributed by atoms with Crippen LogP contribution in [0.5, 0.6) is 0 Å². The van der Waals surface area contributed by atoms with Gasteiger partial charge >= 0.3 is 0 Å². The molecule has 0 spiro atoms. The van der Waals surface area contributed by atoms with Crippen LogP contribution in [-0.2, 0) is 4.74 Å². The first-order valence-electron chi connectivity index (χ1n) is 7.51. The molecule has 1 aliphatic heterocycles. The van der Waals surface area contributed by atoms with Crippen molar-refractivity contribution in [3.05, 3.63) is 54.1 Å². The van der Waals surface area contributed by atoms with E-state index in [0.29, 0.717) is 31.1 Å². The number of halogens is 2. The number of rotatable bonds is 4. The first-order valence-corrected chi connectivity index (χ1v) is 7.89. The highest BCUT2D eigenvalue weighted by Gasteiger charge is 2.22. The zero-order valence-corrected chi connectivity index (χ0v) is 13.9. The monoisotopic (exact) mass is 363 g/mol. The number of hydrogen-bond acceptors (Lipinski definition) is 6. The summed E-state index contributed by atoms with van der Waals surface area (Å²) in [6, 6.07) is 2.70. The molecule has 1 N–H and O–H groups in total. The van der Waals surface area contributed by atoms with E-state index >= 15 is 0 Å². The van der Waals surface area contributed by atoms with Crippen molar-refractivity contribution < 1.29 is 13.9 Å². The first-order chi connectivity index (χ1) is 12.1. The zero-order chi connectivity index (χ0) is 17.8. The van der Waals surface area contributed by atoms with Gasteiger partial charge in [0.2, 0.25) is 11.2 Å². The zero-order valence-electron chi connectivity index (χ0n) is 13.2. The normalized spacial score (nSPS) is 17.2. The van der Waals surface area contributed by atoms with Crippen molar-refractivity contribution >= 4 is 28.9 Å². The van der Waals surface area contributed by atoms with Crippen LogP contribution in [0.1, 0.15) is 10.5 Å². The number of aromatic nitrogens is 3. The molecule has 0 radical (unpaired) electrons. The minimum Gasteiger partial charge on any atom is -0.370 e. The summed E-state index contributed by atoms with van der Waals surface area (Å²) < 4.78 is 19.2. The third kappa shape index (κ3) is 4.09. The van der Waals surface area contributed by atoms with Crippen molar-refractivity contribution in [3.63, 3.8) is 0 Å². The summed E-state index contributed by atoms with van der Waals surface area (Å²) in [4.78, 5) is 25.5. The number of anilines is 2. The Kier molecular flexibility index (Phi) is 5.20. The molecule has 25 heavy (non-hydrogen) atoms. The molecule has 1 fully saturated rings. The Balaban J connectivity index is 1.86. The van der Waals surface area contributed by atoms with Crippen molar-refractivity contribution in [2.45, 2.75) is 6.10 Å². The Labute approximate surface area is 148 Å². The van der Waals surface area contributed by atoms with Crippen molar-refractivity contribution in [2.24, 2.45) is 0 Å². The van der Waals surface area contributed by atoms with E-state index in [2.05, 4.69) is 26.8 Å². The van der Waals surface area contributed by atoms with Crippen LogP contribution in [0.15, 0.2) is 37.2 Å². The van der Waals surface area contributed by atoms with Crippen molar-refractivity contribution in [1.29, 1.82) is 0 Å². The third-order valence-corrected chi connectivity index (χ3v) is 3.83. The summed E-state index contributed by atoms with van der Waals surface area (Å²) in [5.74, 6) is -1.13. The van der Waals surface area contributed by atoms with E-state index in [1.54, 1.807) is 6.08 Å². The van der Waals surface area contributed by atoms with Gasteiger partial charge in [-0.05, 0) is 17.7 Å². The predicted molar refractivity (Wildman–Crippen MR) is 91.3 cm³/mol. The summed E-state index contributed by atoms with van der Waals surface area (Å²) in [5.41, 5.74) is 0.975. The lowest BCUT2D eigenvalue weighted by Gasteiger charge is -2.34. The van der Waals surface area contributed by atoms with Gasteiger partial charge in [0.1, 0.15) is 5.69 Å². The van der Waals surface area contributed by atoms with Gasteiger partial charge < -0.3 is 15.0 Å². The molecule has 2 aromatic rings. The molecule has 7 nitrogen and oxygen atoms in total. The van der Waals surface area contributed by atoms with Crippen LogP contribution in [0.2, 0.25) is 5.28 Å². The molecule has 130 valence electrons. The standard InChI is InChI=1S/C16H15ClFN5O2/c1-2-10-9-23(5-6-25-10)13-7-14(18)20-8-12(13)21-15(24)11-3-4-19-16(17)22-11/h2-4,7-8,10H,1,5-6,9H2,(H,21,24). The predicted octanol–water partition coefficient (Wildman–Crippen LogP) is 2.31. The molecule has 1 amide bonds. The molecule has 1 saturated heterocycles. The summed E-state index contributed by atoms with van der Waals surface area (Å²) >= 11 is 5.70. The Morgan fingerprint density at radius 3 is 3.12 bits per heavy atom. The summed E-state index contributed by atoms with van der Waals surface area (Å²) in [6.45, 7) is 5.23. The lowest BCUT2D eigenvalue weighted by molar-refractivity contribution is 0.0720. The molecule has 3 rings (SSSR count). The van der Waals surface area contributed by atoms with Gasteiger partial charge in [-0.15, -0.1) is 6.58 Å². The minimum absolute atomic E-state index is 0.0351. The first kappa shape index (κ1) is 17.2. The van der Waals surface area contributed by atoms with E-state index in [0.717, 1.165) is 0 Å². The van der Waals surface area contributed by atoms with Crippen LogP contribution in [0.3, 0.4) is 0 Å². The number of morpholine rings is 1. The van der Waals surface area contributed by atoms with E-state index in [-0.39, 0.29) is 17.1 Å². The van der Waals surface area contributed by atoms with E-state index in [4.69, 9.17) is 16.3 Å². The number of nitrogens with zero attached hydrogens (tertiary/aromatic N) is 4. The van der Waals surface area contributed by atoms with Crippen LogP contribution in [-0.4, -0.2) is 46.7 Å². The highest BCUT2D eigenvalue weighted by Crippen LogP contribution is 2.28. The highest BCUT2D eigenvalue weighted by molar-refractivity contribution is 6.28. The average molecular weight is 364 g/mol. The fraction of sp³-hybridized carbons (Fsp3) is 0.250. The Morgan fingerprint density at radius 2 is 2.36 bits per heavy atom. The molecular formula is C16H15ClFN5O2. The number of nitrogens with one attached hydrogen (secondary N) is 1. The summed E-state index contributed by atoms with van der Waals surface area (Å²) in [7, 11) is 0. The maximum absolute atomic E-state index is 13.7. The largest absolute Gasteiger partial charge is 0.370 e. The van der Waals surface area contributed by atoms with Gasteiger partial charge in [0.15, 0.2) is 0 Å². The number of hydrogen-bond donors (Lipinski definition) is 1. The van der Waals surface area contributed by atoms with Crippen molar-refractivity contribution in [3.8, 4) is 0 Å². The molecule has 1 atom stereocenters. The van der Waals surface area contributed by atoms with Crippen molar-refractivity contribution in [1.82, 2.24) is 15.0 Å². The molecule has 0 bridgehead atoms. The molecule has 9 heteroatoms.